The molecule has 1 N–H and O–H groups in total. The number of alkyl halides is 4. The highest BCUT2D eigenvalue weighted by molar-refractivity contribution is 5.71. The predicted molar refractivity (Wildman–Crippen MR) is 98.0 cm³/mol. The standard InChI is InChI=1S/C12H10F4N2O2.C7H5F2NO/c1-18-5-4-8(17-18)7-2-3-9(19-11(13)14)10(6-7)20-12(15)16;8-5-2-1-3-6(7(5)9)10-4-11/h2-6,11-12H,1H3;1-4H,(H,10,11). The number of anilines is 1. The Morgan fingerprint density at radius 1 is 1.00 bits per heavy atom. The minimum absolute atomic E-state index is 0.153. The second kappa shape index (κ2) is 10.9. The Balaban J connectivity index is 0.000000262. The van der Waals surface area contributed by atoms with E-state index in [4.69, 9.17) is 0 Å². The monoisotopic (exact) mass is 447 g/mol. The number of aromatic nitrogens is 2. The average molecular weight is 447 g/mol. The lowest BCUT2D eigenvalue weighted by molar-refractivity contribution is -0.105. The third-order valence-corrected chi connectivity index (χ3v) is 3.55. The van der Waals surface area contributed by atoms with Crippen molar-refractivity contribution in [1.82, 2.24) is 9.78 Å². The SMILES string of the molecule is Cn1ccc(-c2ccc(OC(F)F)c(OC(F)F)c2)n1.O=CNc1cccc(F)c1F. The van der Waals surface area contributed by atoms with Gasteiger partial charge in [0, 0.05) is 18.8 Å². The molecule has 0 fully saturated rings. The molecule has 3 aromatic rings. The van der Waals surface area contributed by atoms with E-state index in [9.17, 15) is 31.1 Å². The molecular weight excluding hydrogens is 432 g/mol. The molecular formula is C19H15F6N3O3. The van der Waals surface area contributed by atoms with E-state index in [-0.39, 0.29) is 12.1 Å². The van der Waals surface area contributed by atoms with E-state index in [0.29, 0.717) is 11.3 Å². The number of carbonyl (C=O) groups is 1. The third kappa shape index (κ3) is 6.94. The summed E-state index contributed by atoms with van der Waals surface area (Å²) in [5, 5.41) is 6.10. The molecule has 31 heavy (non-hydrogen) atoms. The Kier molecular flexibility index (Phi) is 8.29. The maximum atomic E-state index is 12.6. The van der Waals surface area contributed by atoms with E-state index in [1.54, 1.807) is 19.3 Å². The molecule has 0 aliphatic heterocycles. The van der Waals surface area contributed by atoms with Crippen LogP contribution in [0, 0.1) is 11.6 Å². The summed E-state index contributed by atoms with van der Waals surface area (Å²) in [5.74, 6) is -2.94. The van der Waals surface area contributed by atoms with E-state index >= 15 is 0 Å². The highest BCUT2D eigenvalue weighted by Crippen LogP contribution is 2.34. The number of amides is 1. The zero-order valence-corrected chi connectivity index (χ0v) is 15.7. The average Bonchev–Trinajstić information content (AvgIpc) is 3.13. The number of carbonyl (C=O) groups excluding carboxylic acids is 1. The van der Waals surface area contributed by atoms with Crippen molar-refractivity contribution in [3.63, 3.8) is 0 Å². The number of hydrogen-bond acceptors (Lipinski definition) is 4. The summed E-state index contributed by atoms with van der Waals surface area (Å²) in [5.41, 5.74) is 0.790. The van der Waals surface area contributed by atoms with Gasteiger partial charge in [-0.05, 0) is 36.4 Å². The first-order valence-electron chi connectivity index (χ1n) is 8.39. The first-order valence-corrected chi connectivity index (χ1v) is 8.39. The van der Waals surface area contributed by atoms with Crippen LogP contribution in [0.25, 0.3) is 11.3 Å². The largest absolute Gasteiger partial charge is 0.431 e. The van der Waals surface area contributed by atoms with E-state index in [1.165, 1.54) is 28.9 Å². The molecule has 1 aromatic heterocycles. The molecule has 0 spiro atoms. The molecule has 0 unspecified atom stereocenters. The molecule has 166 valence electrons. The molecule has 12 heteroatoms. The zero-order chi connectivity index (χ0) is 23.0. The van der Waals surface area contributed by atoms with Gasteiger partial charge in [0.2, 0.25) is 6.41 Å². The van der Waals surface area contributed by atoms with Crippen LogP contribution in [0.4, 0.5) is 32.0 Å². The fourth-order valence-corrected chi connectivity index (χ4v) is 2.30. The number of ether oxygens (including phenoxy) is 2. The molecule has 1 amide bonds. The lowest BCUT2D eigenvalue weighted by atomic mass is 10.1. The second-order valence-electron chi connectivity index (χ2n) is 5.66. The minimum atomic E-state index is -3.14. The van der Waals surface area contributed by atoms with Gasteiger partial charge in [-0.1, -0.05) is 6.07 Å². The van der Waals surface area contributed by atoms with Crippen LogP contribution in [0.2, 0.25) is 0 Å². The van der Waals surface area contributed by atoms with E-state index < -0.39 is 36.4 Å². The Labute approximate surface area is 172 Å². The Morgan fingerprint density at radius 3 is 2.26 bits per heavy atom. The quantitative estimate of drug-likeness (QED) is 0.417. The van der Waals surface area contributed by atoms with Crippen molar-refractivity contribution in [2.24, 2.45) is 7.05 Å². The summed E-state index contributed by atoms with van der Waals surface area (Å²) in [6, 6.07) is 8.94. The topological polar surface area (TPSA) is 65.4 Å². The fraction of sp³-hybridized carbons (Fsp3) is 0.158. The Bertz CT molecular complexity index is 1010. The predicted octanol–water partition coefficient (Wildman–Crippen LogP) is 4.82. The van der Waals surface area contributed by atoms with Crippen LogP contribution < -0.4 is 14.8 Å². The zero-order valence-electron chi connectivity index (χ0n) is 15.7. The van der Waals surface area contributed by atoms with Crippen molar-refractivity contribution in [1.29, 1.82) is 0 Å². The molecule has 6 nitrogen and oxygen atoms in total. The van der Waals surface area contributed by atoms with Crippen molar-refractivity contribution in [2.45, 2.75) is 13.2 Å². The number of aryl methyl sites for hydroxylation is 1. The minimum Gasteiger partial charge on any atom is -0.431 e. The van der Waals surface area contributed by atoms with Crippen LogP contribution in [-0.4, -0.2) is 29.4 Å². The second-order valence-corrected chi connectivity index (χ2v) is 5.66. The summed E-state index contributed by atoms with van der Waals surface area (Å²) in [6.07, 6.45) is 1.95. The maximum absolute atomic E-state index is 12.6. The van der Waals surface area contributed by atoms with Crippen molar-refractivity contribution in [3.05, 3.63) is 60.3 Å². The van der Waals surface area contributed by atoms with Crippen molar-refractivity contribution in [3.8, 4) is 22.8 Å². The van der Waals surface area contributed by atoms with E-state index in [0.717, 1.165) is 12.1 Å². The van der Waals surface area contributed by atoms with Gasteiger partial charge < -0.3 is 14.8 Å². The van der Waals surface area contributed by atoms with Gasteiger partial charge in [0.1, 0.15) is 0 Å². The molecule has 0 radical (unpaired) electrons. The molecule has 1 heterocycles. The van der Waals surface area contributed by atoms with Gasteiger partial charge >= 0.3 is 13.2 Å². The maximum Gasteiger partial charge on any atom is 0.387 e. The van der Waals surface area contributed by atoms with Crippen LogP contribution in [0.1, 0.15) is 0 Å². The number of halogens is 6. The molecule has 0 bridgehead atoms. The smallest absolute Gasteiger partial charge is 0.387 e. The summed E-state index contributed by atoms with van der Waals surface area (Å²) < 4.78 is 83.7. The van der Waals surface area contributed by atoms with Crippen molar-refractivity contribution < 1.29 is 40.6 Å². The molecule has 0 saturated carbocycles. The molecule has 0 atom stereocenters. The summed E-state index contributed by atoms with van der Waals surface area (Å²) in [4.78, 5) is 9.84. The lowest BCUT2D eigenvalue weighted by Gasteiger charge is -2.12. The van der Waals surface area contributed by atoms with Gasteiger partial charge in [-0.15, -0.1) is 0 Å². The Morgan fingerprint density at radius 2 is 1.68 bits per heavy atom. The van der Waals surface area contributed by atoms with Gasteiger partial charge in [0.15, 0.2) is 23.1 Å². The molecule has 0 saturated heterocycles. The molecule has 0 aliphatic carbocycles. The Hall–Kier alpha value is -3.70. The summed E-state index contributed by atoms with van der Waals surface area (Å²) >= 11 is 0. The molecule has 0 aliphatic rings. The summed E-state index contributed by atoms with van der Waals surface area (Å²) in [6.45, 7) is -6.27. The molecule has 3 rings (SSSR count). The van der Waals surface area contributed by atoms with Crippen LogP contribution >= 0.6 is 0 Å². The van der Waals surface area contributed by atoms with Crippen LogP contribution in [0.3, 0.4) is 0 Å². The lowest BCUT2D eigenvalue weighted by Crippen LogP contribution is -2.07. The summed E-state index contributed by atoms with van der Waals surface area (Å²) in [7, 11) is 1.69. The highest BCUT2D eigenvalue weighted by Gasteiger charge is 2.16. The number of hydrogen-bond donors (Lipinski definition) is 1. The number of benzene rings is 2. The van der Waals surface area contributed by atoms with Gasteiger partial charge in [-0.3, -0.25) is 9.48 Å². The fourth-order valence-electron chi connectivity index (χ4n) is 2.30. The first kappa shape index (κ1) is 23.6. The number of nitrogens with zero attached hydrogens (tertiary/aromatic N) is 2. The van der Waals surface area contributed by atoms with Crippen LogP contribution in [0.15, 0.2) is 48.7 Å². The van der Waals surface area contributed by atoms with Crippen LogP contribution in [-0.2, 0) is 11.8 Å². The van der Waals surface area contributed by atoms with Gasteiger partial charge in [-0.25, -0.2) is 8.78 Å². The van der Waals surface area contributed by atoms with Crippen molar-refractivity contribution >= 4 is 12.1 Å². The van der Waals surface area contributed by atoms with Gasteiger partial charge in [0.25, 0.3) is 0 Å². The van der Waals surface area contributed by atoms with E-state index in [1.807, 2.05) is 5.32 Å². The number of nitrogens with one attached hydrogen (secondary N) is 1. The van der Waals surface area contributed by atoms with E-state index in [2.05, 4.69) is 14.6 Å². The van der Waals surface area contributed by atoms with Crippen molar-refractivity contribution in [2.75, 3.05) is 5.32 Å². The first-order chi connectivity index (χ1) is 14.7. The van der Waals surface area contributed by atoms with Crippen LogP contribution in [0.5, 0.6) is 11.5 Å². The third-order valence-electron chi connectivity index (χ3n) is 3.55. The highest BCUT2D eigenvalue weighted by atomic mass is 19.3. The molecule has 2 aromatic carbocycles. The van der Waals surface area contributed by atoms with Gasteiger partial charge in [0.05, 0.1) is 11.4 Å². The normalized spacial score (nSPS) is 10.5. The van der Waals surface area contributed by atoms with Gasteiger partial charge in [-0.2, -0.15) is 22.7 Å². The number of rotatable bonds is 7.